The van der Waals surface area contributed by atoms with E-state index in [0.717, 1.165) is 5.57 Å². The van der Waals surface area contributed by atoms with Crippen LogP contribution in [-0.2, 0) is 14.3 Å². The summed E-state index contributed by atoms with van der Waals surface area (Å²) in [6.45, 7) is 5.45. The molecule has 0 radical (unpaired) electrons. The van der Waals surface area contributed by atoms with Crippen LogP contribution in [0.15, 0.2) is 36.0 Å². The summed E-state index contributed by atoms with van der Waals surface area (Å²) >= 11 is 0. The van der Waals surface area contributed by atoms with Gasteiger partial charge in [-0.05, 0) is 12.5 Å². The van der Waals surface area contributed by atoms with Crippen molar-refractivity contribution in [3.8, 4) is 0 Å². The molecule has 0 aromatic heterocycles. The number of hydrogen-bond acceptors (Lipinski definition) is 3. The Morgan fingerprint density at radius 3 is 2.50 bits per heavy atom. The summed E-state index contributed by atoms with van der Waals surface area (Å²) in [6, 6.07) is 0. The maximum atomic E-state index is 11.8. The van der Waals surface area contributed by atoms with E-state index in [1.165, 1.54) is 7.11 Å². The molecule has 1 N–H and O–H groups in total. The Hall–Kier alpha value is -1.39. The van der Waals surface area contributed by atoms with Gasteiger partial charge in [0.05, 0.1) is 0 Å². The maximum absolute atomic E-state index is 11.8. The predicted octanol–water partition coefficient (Wildman–Crippen LogP) is 1.16. The van der Waals surface area contributed by atoms with Crippen molar-refractivity contribution in [2.24, 2.45) is 0 Å². The van der Waals surface area contributed by atoms with E-state index in [9.17, 15) is 4.79 Å². The average Bonchev–Trinajstić information content (AvgIpc) is 2.29. The molecule has 1 amide bonds. The SMILES string of the molecule is C=CC=C1C(=CC)C(=O)NC(OC)C1OC. The summed E-state index contributed by atoms with van der Waals surface area (Å²) in [5, 5.41) is 2.73. The van der Waals surface area contributed by atoms with E-state index >= 15 is 0 Å². The molecule has 1 heterocycles. The summed E-state index contributed by atoms with van der Waals surface area (Å²) in [5.41, 5.74) is 1.38. The molecular formula is C12H17NO3. The molecule has 1 aliphatic rings. The Bertz CT molecular complexity index is 344. The van der Waals surface area contributed by atoms with Gasteiger partial charge in [0.2, 0.25) is 0 Å². The van der Waals surface area contributed by atoms with Gasteiger partial charge in [-0.25, -0.2) is 0 Å². The molecule has 0 saturated carbocycles. The van der Waals surface area contributed by atoms with E-state index in [2.05, 4.69) is 11.9 Å². The second-order valence-electron chi connectivity index (χ2n) is 3.35. The molecule has 2 unspecified atom stereocenters. The predicted molar refractivity (Wildman–Crippen MR) is 61.8 cm³/mol. The van der Waals surface area contributed by atoms with Crippen LogP contribution in [0.25, 0.3) is 0 Å². The van der Waals surface area contributed by atoms with Crippen LogP contribution in [0.2, 0.25) is 0 Å². The van der Waals surface area contributed by atoms with E-state index in [4.69, 9.17) is 9.47 Å². The van der Waals surface area contributed by atoms with Gasteiger partial charge in [0, 0.05) is 19.8 Å². The maximum Gasteiger partial charge on any atom is 0.253 e. The highest BCUT2D eigenvalue weighted by molar-refractivity contribution is 5.99. The zero-order chi connectivity index (χ0) is 12.1. The fourth-order valence-electron chi connectivity index (χ4n) is 1.77. The lowest BCUT2D eigenvalue weighted by Crippen LogP contribution is -2.52. The number of carbonyl (C=O) groups is 1. The van der Waals surface area contributed by atoms with E-state index in [0.29, 0.717) is 5.57 Å². The molecule has 4 heteroatoms. The first-order valence-corrected chi connectivity index (χ1v) is 5.05. The molecule has 1 aliphatic heterocycles. The largest absolute Gasteiger partial charge is 0.372 e. The standard InChI is InChI=1S/C12H17NO3/c1-5-7-9-8(6-2)11(14)13-12(16-4)10(9)15-3/h5-7,10,12H,1H2,2-4H3,(H,13,14). The normalized spacial score (nSPS) is 30.6. The Morgan fingerprint density at radius 2 is 2.06 bits per heavy atom. The number of hydrogen-bond donors (Lipinski definition) is 1. The first-order chi connectivity index (χ1) is 7.69. The topological polar surface area (TPSA) is 47.6 Å². The van der Waals surface area contributed by atoms with E-state index in [1.807, 2.05) is 6.92 Å². The van der Waals surface area contributed by atoms with Crippen LogP contribution in [0.3, 0.4) is 0 Å². The highest BCUT2D eigenvalue weighted by atomic mass is 16.5. The third kappa shape index (κ3) is 2.23. The van der Waals surface area contributed by atoms with Gasteiger partial charge in [-0.3, -0.25) is 4.79 Å². The average molecular weight is 223 g/mol. The van der Waals surface area contributed by atoms with Crippen molar-refractivity contribution in [2.75, 3.05) is 14.2 Å². The molecule has 0 bridgehead atoms. The lowest BCUT2D eigenvalue weighted by Gasteiger charge is -2.33. The fraction of sp³-hybridized carbons (Fsp3) is 0.417. The van der Waals surface area contributed by atoms with E-state index in [-0.39, 0.29) is 12.0 Å². The molecule has 0 aromatic rings. The number of nitrogens with one attached hydrogen (secondary N) is 1. The van der Waals surface area contributed by atoms with Crippen molar-refractivity contribution < 1.29 is 14.3 Å². The van der Waals surface area contributed by atoms with Gasteiger partial charge in [0.1, 0.15) is 6.10 Å². The van der Waals surface area contributed by atoms with Crippen LogP contribution in [0.4, 0.5) is 0 Å². The van der Waals surface area contributed by atoms with E-state index in [1.54, 1.807) is 25.3 Å². The van der Waals surface area contributed by atoms with Gasteiger partial charge in [0.25, 0.3) is 5.91 Å². The molecule has 1 rings (SSSR count). The minimum Gasteiger partial charge on any atom is -0.372 e. The second-order valence-corrected chi connectivity index (χ2v) is 3.35. The lowest BCUT2D eigenvalue weighted by atomic mass is 9.93. The zero-order valence-electron chi connectivity index (χ0n) is 9.82. The van der Waals surface area contributed by atoms with Crippen molar-refractivity contribution in [2.45, 2.75) is 19.3 Å². The van der Waals surface area contributed by atoms with Crippen LogP contribution in [-0.4, -0.2) is 32.5 Å². The minimum absolute atomic E-state index is 0.157. The number of methoxy groups -OCH3 is 2. The number of carbonyl (C=O) groups excluding carboxylic acids is 1. The molecule has 1 fully saturated rings. The quantitative estimate of drug-likeness (QED) is 0.730. The summed E-state index contributed by atoms with van der Waals surface area (Å²) in [6.07, 6.45) is 4.38. The minimum atomic E-state index is -0.465. The van der Waals surface area contributed by atoms with Crippen LogP contribution < -0.4 is 5.32 Å². The van der Waals surface area contributed by atoms with Crippen molar-refractivity contribution in [1.82, 2.24) is 5.32 Å². The molecule has 1 saturated heterocycles. The first kappa shape index (κ1) is 12.7. The number of rotatable bonds is 3. The third-order valence-corrected chi connectivity index (χ3v) is 2.50. The number of allylic oxidation sites excluding steroid dienone is 3. The van der Waals surface area contributed by atoms with Gasteiger partial charge in [-0.1, -0.05) is 24.8 Å². The number of amides is 1. The highest BCUT2D eigenvalue weighted by Gasteiger charge is 2.35. The number of ether oxygens (including phenoxy) is 2. The fourth-order valence-corrected chi connectivity index (χ4v) is 1.77. The van der Waals surface area contributed by atoms with Crippen molar-refractivity contribution in [3.05, 3.63) is 36.0 Å². The van der Waals surface area contributed by atoms with Gasteiger partial charge in [-0.15, -0.1) is 0 Å². The van der Waals surface area contributed by atoms with Crippen LogP contribution >= 0.6 is 0 Å². The van der Waals surface area contributed by atoms with Crippen LogP contribution in [0, 0.1) is 0 Å². The molecule has 2 atom stereocenters. The van der Waals surface area contributed by atoms with Crippen LogP contribution in [0.1, 0.15) is 6.92 Å². The molecule has 0 aromatic carbocycles. The molecule has 0 aliphatic carbocycles. The Labute approximate surface area is 95.6 Å². The lowest BCUT2D eigenvalue weighted by molar-refractivity contribution is -0.127. The van der Waals surface area contributed by atoms with Gasteiger partial charge < -0.3 is 14.8 Å². The first-order valence-electron chi connectivity index (χ1n) is 5.05. The third-order valence-electron chi connectivity index (χ3n) is 2.50. The summed E-state index contributed by atoms with van der Waals surface area (Å²) in [4.78, 5) is 11.8. The summed E-state index contributed by atoms with van der Waals surface area (Å²) in [5.74, 6) is -0.157. The Balaban J connectivity index is 3.15. The molecule has 88 valence electrons. The van der Waals surface area contributed by atoms with Gasteiger partial charge in [-0.2, -0.15) is 0 Å². The monoisotopic (exact) mass is 223 g/mol. The van der Waals surface area contributed by atoms with Gasteiger partial charge >= 0.3 is 0 Å². The smallest absolute Gasteiger partial charge is 0.253 e. The Kier molecular flexibility index (Phi) is 4.46. The molecular weight excluding hydrogens is 206 g/mol. The summed E-state index contributed by atoms with van der Waals surface area (Å²) < 4.78 is 10.5. The molecule has 0 spiro atoms. The Morgan fingerprint density at radius 1 is 1.38 bits per heavy atom. The second kappa shape index (κ2) is 5.63. The molecule has 16 heavy (non-hydrogen) atoms. The van der Waals surface area contributed by atoms with Gasteiger partial charge in [0.15, 0.2) is 6.23 Å². The van der Waals surface area contributed by atoms with Crippen LogP contribution in [0.5, 0.6) is 0 Å². The van der Waals surface area contributed by atoms with E-state index < -0.39 is 6.23 Å². The highest BCUT2D eigenvalue weighted by Crippen LogP contribution is 2.25. The number of piperidine rings is 1. The molecule has 4 nitrogen and oxygen atoms in total. The zero-order valence-corrected chi connectivity index (χ0v) is 9.82. The van der Waals surface area contributed by atoms with Crippen molar-refractivity contribution >= 4 is 5.91 Å². The van der Waals surface area contributed by atoms with Crippen molar-refractivity contribution in [3.63, 3.8) is 0 Å². The van der Waals surface area contributed by atoms with Crippen molar-refractivity contribution in [1.29, 1.82) is 0 Å². The summed E-state index contributed by atoms with van der Waals surface area (Å²) in [7, 11) is 3.11.